The molecule has 19 heavy (non-hydrogen) atoms. The maximum absolute atomic E-state index is 11.1. The second kappa shape index (κ2) is 7.79. The lowest BCUT2D eigenvalue weighted by Crippen LogP contribution is -2.43. The van der Waals surface area contributed by atoms with Crippen LogP contribution >= 0.6 is 0 Å². The second-order valence-electron chi connectivity index (χ2n) is 5.71. The molecule has 0 aliphatic carbocycles. The van der Waals surface area contributed by atoms with E-state index in [1.54, 1.807) is 13.8 Å². The number of carbonyl (C=O) groups excluding carboxylic acids is 1. The van der Waals surface area contributed by atoms with E-state index in [0.717, 1.165) is 19.4 Å². The number of amides is 1. The second-order valence-corrected chi connectivity index (χ2v) is 5.71. The minimum atomic E-state index is -0.613. The fourth-order valence-corrected chi connectivity index (χ4v) is 1.81. The number of ether oxygens (including phenoxy) is 2. The Morgan fingerprint density at radius 2 is 2.37 bits per heavy atom. The van der Waals surface area contributed by atoms with Gasteiger partial charge in [0.25, 0.3) is 0 Å². The third-order valence-electron chi connectivity index (χ3n) is 3.25. The third-order valence-corrected chi connectivity index (χ3v) is 3.25. The van der Waals surface area contributed by atoms with Crippen molar-refractivity contribution in [3.8, 4) is 0 Å². The van der Waals surface area contributed by atoms with Crippen molar-refractivity contribution in [2.75, 3.05) is 32.9 Å². The van der Waals surface area contributed by atoms with Gasteiger partial charge in [0.15, 0.2) is 0 Å². The number of aliphatic hydroxyl groups is 1. The average molecular weight is 274 g/mol. The lowest BCUT2D eigenvalue weighted by molar-refractivity contribution is -0.125. The predicted octanol–water partition coefficient (Wildman–Crippen LogP) is -0.356. The molecule has 2 unspecified atom stereocenters. The summed E-state index contributed by atoms with van der Waals surface area (Å²) in [6.07, 6.45) is 1.70. The standard InChI is InChI=1S/C13H26N2O4/c1-13(2,12(14)17)9-15-6-10(16)7-18-8-11-4-3-5-19-11/h10-11,15-16H,3-9H2,1-2H3,(H2,14,17). The molecule has 0 spiro atoms. The quantitative estimate of drug-likeness (QED) is 0.534. The minimum Gasteiger partial charge on any atom is -0.389 e. The highest BCUT2D eigenvalue weighted by atomic mass is 16.5. The van der Waals surface area contributed by atoms with E-state index >= 15 is 0 Å². The first kappa shape index (κ1) is 16.4. The molecule has 6 heteroatoms. The summed E-state index contributed by atoms with van der Waals surface area (Å²) in [5, 5.41) is 12.7. The van der Waals surface area contributed by atoms with Gasteiger partial charge in [0.05, 0.1) is 30.8 Å². The van der Waals surface area contributed by atoms with Crippen LogP contribution in [-0.4, -0.2) is 56.1 Å². The first-order chi connectivity index (χ1) is 8.92. The van der Waals surface area contributed by atoms with Crippen LogP contribution in [0, 0.1) is 5.41 Å². The lowest BCUT2D eigenvalue weighted by atomic mass is 9.93. The largest absolute Gasteiger partial charge is 0.389 e. The van der Waals surface area contributed by atoms with Crippen LogP contribution in [0.4, 0.5) is 0 Å². The molecule has 112 valence electrons. The van der Waals surface area contributed by atoms with Crippen molar-refractivity contribution in [2.45, 2.75) is 38.9 Å². The van der Waals surface area contributed by atoms with E-state index in [0.29, 0.717) is 19.7 Å². The van der Waals surface area contributed by atoms with Crippen molar-refractivity contribution < 1.29 is 19.4 Å². The topological polar surface area (TPSA) is 93.8 Å². The summed E-state index contributed by atoms with van der Waals surface area (Å²) in [6, 6.07) is 0. The van der Waals surface area contributed by atoms with Gasteiger partial charge in [0.2, 0.25) is 5.91 Å². The van der Waals surface area contributed by atoms with Gasteiger partial charge in [-0.05, 0) is 26.7 Å². The Bertz CT molecular complexity index is 278. The summed E-state index contributed by atoms with van der Waals surface area (Å²) in [4.78, 5) is 11.1. The van der Waals surface area contributed by atoms with Crippen LogP contribution in [0.3, 0.4) is 0 Å². The van der Waals surface area contributed by atoms with E-state index in [1.165, 1.54) is 0 Å². The van der Waals surface area contributed by atoms with Gasteiger partial charge in [0, 0.05) is 19.7 Å². The molecule has 1 fully saturated rings. The van der Waals surface area contributed by atoms with E-state index in [2.05, 4.69) is 5.32 Å². The molecule has 0 saturated carbocycles. The molecule has 4 N–H and O–H groups in total. The first-order valence-electron chi connectivity index (χ1n) is 6.80. The molecule has 1 aliphatic rings. The molecule has 6 nitrogen and oxygen atoms in total. The van der Waals surface area contributed by atoms with Crippen molar-refractivity contribution >= 4 is 5.91 Å². The van der Waals surface area contributed by atoms with Gasteiger partial charge in [0.1, 0.15) is 0 Å². The SMILES string of the molecule is CC(C)(CNCC(O)COCC1CCCO1)C(N)=O. The van der Waals surface area contributed by atoms with Gasteiger partial charge in [-0.2, -0.15) is 0 Å². The summed E-state index contributed by atoms with van der Waals surface area (Å²) in [5.74, 6) is -0.357. The van der Waals surface area contributed by atoms with Gasteiger partial charge in [-0.25, -0.2) is 0 Å². The van der Waals surface area contributed by atoms with Crippen molar-refractivity contribution in [1.29, 1.82) is 0 Å². The molecular formula is C13H26N2O4. The Kier molecular flexibility index (Phi) is 6.71. The molecular weight excluding hydrogens is 248 g/mol. The van der Waals surface area contributed by atoms with Gasteiger partial charge < -0.3 is 25.6 Å². The number of carbonyl (C=O) groups is 1. The molecule has 0 aromatic heterocycles. The summed E-state index contributed by atoms with van der Waals surface area (Å²) in [6.45, 7) is 5.95. The Morgan fingerprint density at radius 3 is 2.95 bits per heavy atom. The number of nitrogens with two attached hydrogens (primary N) is 1. The Balaban J connectivity index is 2.04. The van der Waals surface area contributed by atoms with Crippen LogP contribution in [0.15, 0.2) is 0 Å². The number of aliphatic hydroxyl groups excluding tert-OH is 1. The van der Waals surface area contributed by atoms with Crippen molar-refractivity contribution in [2.24, 2.45) is 11.1 Å². The van der Waals surface area contributed by atoms with Gasteiger partial charge in [-0.15, -0.1) is 0 Å². The van der Waals surface area contributed by atoms with Gasteiger partial charge in [-0.3, -0.25) is 4.79 Å². The molecule has 0 radical (unpaired) electrons. The molecule has 1 aliphatic heterocycles. The van der Waals surface area contributed by atoms with Crippen LogP contribution in [0.5, 0.6) is 0 Å². The molecule has 2 atom stereocenters. The predicted molar refractivity (Wildman–Crippen MR) is 71.6 cm³/mol. The minimum absolute atomic E-state index is 0.175. The maximum Gasteiger partial charge on any atom is 0.224 e. The third kappa shape index (κ3) is 6.33. The monoisotopic (exact) mass is 274 g/mol. The van der Waals surface area contributed by atoms with Crippen LogP contribution in [-0.2, 0) is 14.3 Å². The fourth-order valence-electron chi connectivity index (χ4n) is 1.81. The molecule has 1 amide bonds. The average Bonchev–Trinajstić information content (AvgIpc) is 2.81. The summed E-state index contributed by atoms with van der Waals surface area (Å²) in [5.41, 5.74) is 4.64. The number of hydrogen-bond donors (Lipinski definition) is 3. The number of hydrogen-bond acceptors (Lipinski definition) is 5. The highest BCUT2D eigenvalue weighted by Crippen LogP contribution is 2.12. The van der Waals surface area contributed by atoms with E-state index in [1.807, 2.05) is 0 Å². The Labute approximate surface area is 114 Å². The van der Waals surface area contributed by atoms with E-state index in [4.69, 9.17) is 15.2 Å². The van der Waals surface area contributed by atoms with Crippen LogP contribution < -0.4 is 11.1 Å². The van der Waals surface area contributed by atoms with E-state index in [9.17, 15) is 9.90 Å². The summed E-state index contributed by atoms with van der Waals surface area (Å²) < 4.78 is 10.8. The first-order valence-corrected chi connectivity index (χ1v) is 6.80. The Morgan fingerprint density at radius 1 is 1.63 bits per heavy atom. The van der Waals surface area contributed by atoms with E-state index in [-0.39, 0.29) is 18.6 Å². The van der Waals surface area contributed by atoms with Crippen molar-refractivity contribution in [3.05, 3.63) is 0 Å². The maximum atomic E-state index is 11.1. The zero-order valence-electron chi connectivity index (χ0n) is 11.9. The van der Waals surface area contributed by atoms with Gasteiger partial charge in [-0.1, -0.05) is 0 Å². The number of primary amides is 1. The lowest BCUT2D eigenvalue weighted by Gasteiger charge is -2.22. The Hall–Kier alpha value is -0.690. The molecule has 0 bridgehead atoms. The fraction of sp³-hybridized carbons (Fsp3) is 0.923. The molecule has 1 rings (SSSR count). The molecule has 0 aromatic rings. The molecule has 1 saturated heterocycles. The highest BCUT2D eigenvalue weighted by Gasteiger charge is 2.24. The smallest absolute Gasteiger partial charge is 0.224 e. The summed E-state index contributed by atoms with van der Waals surface area (Å²) >= 11 is 0. The number of rotatable bonds is 9. The van der Waals surface area contributed by atoms with Gasteiger partial charge >= 0.3 is 0 Å². The normalized spacial score (nSPS) is 21.5. The number of nitrogens with one attached hydrogen (secondary N) is 1. The van der Waals surface area contributed by atoms with Crippen LogP contribution in [0.2, 0.25) is 0 Å². The van der Waals surface area contributed by atoms with Crippen LogP contribution in [0.25, 0.3) is 0 Å². The highest BCUT2D eigenvalue weighted by molar-refractivity contribution is 5.80. The zero-order chi connectivity index (χ0) is 14.3. The van der Waals surface area contributed by atoms with E-state index < -0.39 is 11.5 Å². The summed E-state index contributed by atoms with van der Waals surface area (Å²) in [7, 11) is 0. The van der Waals surface area contributed by atoms with Crippen molar-refractivity contribution in [3.63, 3.8) is 0 Å². The molecule has 0 aromatic carbocycles. The zero-order valence-corrected chi connectivity index (χ0v) is 11.9. The van der Waals surface area contributed by atoms with Crippen LogP contribution in [0.1, 0.15) is 26.7 Å². The van der Waals surface area contributed by atoms with Crippen molar-refractivity contribution in [1.82, 2.24) is 5.32 Å². The molecule has 1 heterocycles.